The van der Waals surface area contributed by atoms with Gasteiger partial charge in [0.2, 0.25) is 5.91 Å². The first-order valence-corrected chi connectivity index (χ1v) is 8.07. The van der Waals surface area contributed by atoms with Crippen molar-refractivity contribution in [2.24, 2.45) is 11.7 Å². The van der Waals surface area contributed by atoms with Gasteiger partial charge in [0.1, 0.15) is 6.33 Å². The molecule has 0 aliphatic rings. The Hall–Kier alpha value is -1.73. The summed E-state index contributed by atoms with van der Waals surface area (Å²) < 4.78 is 1.71. The van der Waals surface area contributed by atoms with Crippen LogP contribution in [0.4, 0.5) is 0 Å². The van der Waals surface area contributed by atoms with Gasteiger partial charge in [-0.2, -0.15) is 10.1 Å². The lowest BCUT2D eigenvalue weighted by molar-refractivity contribution is -0.121. The van der Waals surface area contributed by atoms with Crippen LogP contribution >= 0.6 is 12.4 Å². The van der Waals surface area contributed by atoms with Crippen molar-refractivity contribution in [3.8, 4) is 0 Å². The standard InChI is InChI=1S/C16H26N6O.ClH/c1-10(2)7-13(8-17)21-15(23)6-5-14-11(3)20-16-18-9-19-22(16)12(14)4;/h9-10,13H,5-8,17H2,1-4H3,(H,21,23);1H. The molecule has 7 nitrogen and oxygen atoms in total. The number of hydrogen-bond acceptors (Lipinski definition) is 5. The van der Waals surface area contributed by atoms with E-state index in [9.17, 15) is 4.79 Å². The lowest BCUT2D eigenvalue weighted by Crippen LogP contribution is -2.41. The van der Waals surface area contributed by atoms with Gasteiger partial charge in [-0.1, -0.05) is 13.8 Å². The van der Waals surface area contributed by atoms with Gasteiger partial charge in [0, 0.05) is 30.4 Å². The van der Waals surface area contributed by atoms with Crippen molar-refractivity contribution < 1.29 is 4.79 Å². The molecule has 0 saturated carbocycles. The van der Waals surface area contributed by atoms with Crippen LogP contribution in [0.5, 0.6) is 0 Å². The Labute approximate surface area is 148 Å². The van der Waals surface area contributed by atoms with Gasteiger partial charge in [0.05, 0.1) is 0 Å². The SMILES string of the molecule is Cc1nc2ncnn2c(C)c1CCC(=O)NC(CN)CC(C)C.Cl. The minimum absolute atomic E-state index is 0. The van der Waals surface area contributed by atoms with Gasteiger partial charge in [0.15, 0.2) is 0 Å². The third-order valence-corrected chi connectivity index (χ3v) is 4.00. The molecule has 0 saturated heterocycles. The molecule has 0 spiro atoms. The highest BCUT2D eigenvalue weighted by Crippen LogP contribution is 2.15. The largest absolute Gasteiger partial charge is 0.352 e. The number of nitrogens with two attached hydrogens (primary N) is 1. The summed E-state index contributed by atoms with van der Waals surface area (Å²) in [5, 5.41) is 7.19. The van der Waals surface area contributed by atoms with Crippen molar-refractivity contribution in [3.05, 3.63) is 23.3 Å². The molecule has 3 N–H and O–H groups in total. The van der Waals surface area contributed by atoms with Gasteiger partial charge >= 0.3 is 0 Å². The topological polar surface area (TPSA) is 98.2 Å². The number of fused-ring (bicyclic) bond motifs is 1. The van der Waals surface area contributed by atoms with E-state index >= 15 is 0 Å². The highest BCUT2D eigenvalue weighted by atomic mass is 35.5. The zero-order valence-corrected chi connectivity index (χ0v) is 15.6. The van der Waals surface area contributed by atoms with E-state index in [1.807, 2.05) is 13.8 Å². The third kappa shape index (κ3) is 4.88. The number of nitrogens with zero attached hydrogens (tertiary/aromatic N) is 4. The van der Waals surface area contributed by atoms with Gasteiger partial charge in [-0.25, -0.2) is 9.50 Å². The Balaban J connectivity index is 0.00000288. The number of amides is 1. The summed E-state index contributed by atoms with van der Waals surface area (Å²) >= 11 is 0. The lowest BCUT2D eigenvalue weighted by Gasteiger charge is -2.19. The van der Waals surface area contributed by atoms with Crippen LogP contribution in [0.15, 0.2) is 6.33 Å². The molecule has 0 fully saturated rings. The van der Waals surface area contributed by atoms with Gasteiger partial charge in [0.25, 0.3) is 5.78 Å². The maximum absolute atomic E-state index is 12.2. The molecule has 134 valence electrons. The summed E-state index contributed by atoms with van der Waals surface area (Å²) in [4.78, 5) is 20.7. The van der Waals surface area contributed by atoms with E-state index in [0.717, 1.165) is 23.4 Å². The summed E-state index contributed by atoms with van der Waals surface area (Å²) in [6.45, 7) is 8.64. The maximum Gasteiger partial charge on any atom is 0.252 e. The Kier molecular flexibility index (Phi) is 7.57. The summed E-state index contributed by atoms with van der Waals surface area (Å²) in [6.07, 6.45) is 3.43. The summed E-state index contributed by atoms with van der Waals surface area (Å²) in [6, 6.07) is 0.0422. The number of nitrogens with one attached hydrogen (secondary N) is 1. The normalized spacial score (nSPS) is 12.2. The molecule has 2 heterocycles. The molecular weight excluding hydrogens is 328 g/mol. The number of aromatic nitrogens is 4. The number of rotatable bonds is 7. The van der Waals surface area contributed by atoms with Crippen LogP contribution in [0.25, 0.3) is 5.78 Å². The van der Waals surface area contributed by atoms with Crippen molar-refractivity contribution in [2.75, 3.05) is 6.54 Å². The van der Waals surface area contributed by atoms with Crippen LogP contribution in [0.3, 0.4) is 0 Å². The Bertz CT molecular complexity index is 685. The Morgan fingerprint density at radius 2 is 2.08 bits per heavy atom. The van der Waals surface area contributed by atoms with E-state index < -0.39 is 0 Å². The second-order valence-corrected chi connectivity index (χ2v) is 6.36. The number of carbonyl (C=O) groups is 1. The Morgan fingerprint density at radius 1 is 1.38 bits per heavy atom. The van der Waals surface area contributed by atoms with Crippen molar-refractivity contribution >= 4 is 24.1 Å². The fourth-order valence-electron chi connectivity index (χ4n) is 2.84. The van der Waals surface area contributed by atoms with Gasteiger partial charge in [-0.3, -0.25) is 4.79 Å². The fraction of sp³-hybridized carbons (Fsp3) is 0.625. The smallest absolute Gasteiger partial charge is 0.252 e. The zero-order valence-electron chi connectivity index (χ0n) is 14.7. The monoisotopic (exact) mass is 354 g/mol. The molecule has 2 aromatic heterocycles. The van der Waals surface area contributed by atoms with Crippen molar-refractivity contribution in [1.29, 1.82) is 0 Å². The molecule has 1 unspecified atom stereocenters. The molecule has 1 amide bonds. The summed E-state index contributed by atoms with van der Waals surface area (Å²) in [5.41, 5.74) is 8.66. The molecule has 8 heteroatoms. The van der Waals surface area contributed by atoms with Crippen LogP contribution in [-0.4, -0.2) is 38.1 Å². The first-order chi connectivity index (χ1) is 10.9. The van der Waals surface area contributed by atoms with Crippen LogP contribution in [0.2, 0.25) is 0 Å². The second-order valence-electron chi connectivity index (χ2n) is 6.36. The molecule has 0 radical (unpaired) electrons. The average molecular weight is 355 g/mol. The van der Waals surface area contributed by atoms with E-state index in [2.05, 4.69) is 34.2 Å². The van der Waals surface area contributed by atoms with Gasteiger partial charge in [-0.15, -0.1) is 12.4 Å². The molecule has 0 aliphatic carbocycles. The maximum atomic E-state index is 12.2. The molecule has 0 bridgehead atoms. The Morgan fingerprint density at radius 3 is 2.71 bits per heavy atom. The number of carbonyl (C=O) groups excluding carboxylic acids is 1. The van der Waals surface area contributed by atoms with E-state index in [-0.39, 0.29) is 24.4 Å². The van der Waals surface area contributed by atoms with E-state index in [1.165, 1.54) is 6.33 Å². The molecule has 0 aromatic carbocycles. The van der Waals surface area contributed by atoms with Crippen molar-refractivity contribution in [2.45, 2.75) is 53.0 Å². The predicted octanol–water partition coefficient (Wildman–Crippen LogP) is 1.59. The first-order valence-electron chi connectivity index (χ1n) is 8.07. The van der Waals surface area contributed by atoms with Gasteiger partial charge in [-0.05, 0) is 38.2 Å². The van der Waals surface area contributed by atoms with Crippen molar-refractivity contribution in [3.63, 3.8) is 0 Å². The van der Waals surface area contributed by atoms with Crippen molar-refractivity contribution in [1.82, 2.24) is 24.9 Å². The molecule has 1 atom stereocenters. The quantitative estimate of drug-likeness (QED) is 0.786. The highest BCUT2D eigenvalue weighted by Gasteiger charge is 2.15. The third-order valence-electron chi connectivity index (χ3n) is 4.00. The molecule has 2 rings (SSSR count). The minimum Gasteiger partial charge on any atom is -0.352 e. The van der Waals surface area contributed by atoms with Crippen LogP contribution in [-0.2, 0) is 11.2 Å². The predicted molar refractivity (Wildman–Crippen MR) is 96.3 cm³/mol. The highest BCUT2D eigenvalue weighted by molar-refractivity contribution is 5.85. The summed E-state index contributed by atoms with van der Waals surface area (Å²) in [7, 11) is 0. The average Bonchev–Trinajstić information content (AvgIpc) is 2.94. The number of halogens is 1. The van der Waals surface area contributed by atoms with Crippen LogP contribution in [0.1, 0.15) is 43.6 Å². The zero-order chi connectivity index (χ0) is 17.0. The lowest BCUT2D eigenvalue weighted by atomic mass is 10.0. The van der Waals surface area contributed by atoms with Crippen LogP contribution in [0, 0.1) is 19.8 Å². The molecular formula is C16H27ClN6O. The summed E-state index contributed by atoms with van der Waals surface area (Å²) in [5.74, 6) is 1.12. The van der Waals surface area contributed by atoms with E-state index in [1.54, 1.807) is 4.52 Å². The fourth-order valence-corrected chi connectivity index (χ4v) is 2.84. The van der Waals surface area contributed by atoms with E-state index in [0.29, 0.717) is 31.1 Å². The molecule has 0 aliphatic heterocycles. The number of aryl methyl sites for hydroxylation is 2. The minimum atomic E-state index is 0. The first kappa shape index (κ1) is 20.3. The second kappa shape index (κ2) is 8.94. The van der Waals surface area contributed by atoms with Gasteiger partial charge < -0.3 is 11.1 Å². The van der Waals surface area contributed by atoms with E-state index in [4.69, 9.17) is 5.73 Å². The molecule has 2 aromatic rings. The van der Waals surface area contributed by atoms with Crippen LogP contribution < -0.4 is 11.1 Å². The number of hydrogen-bond donors (Lipinski definition) is 2. The molecule has 24 heavy (non-hydrogen) atoms.